The van der Waals surface area contributed by atoms with Gasteiger partial charge in [-0.05, 0) is 37.0 Å². The van der Waals surface area contributed by atoms with Gasteiger partial charge in [-0.2, -0.15) is 0 Å². The molecule has 0 unspecified atom stereocenters. The normalized spacial score (nSPS) is 20.2. The average molecular weight is 270 g/mol. The number of hydrogen-bond acceptors (Lipinski definition) is 1. The summed E-state index contributed by atoms with van der Waals surface area (Å²) >= 11 is 5.70. The van der Waals surface area contributed by atoms with Crippen LogP contribution in [0.2, 0.25) is 5.02 Å². The van der Waals surface area contributed by atoms with Crippen molar-refractivity contribution in [3.05, 3.63) is 34.6 Å². The van der Waals surface area contributed by atoms with Gasteiger partial charge in [0.05, 0.1) is 5.02 Å². The van der Waals surface area contributed by atoms with Crippen LogP contribution in [0.25, 0.3) is 0 Å². The molecule has 1 aromatic carbocycles. The van der Waals surface area contributed by atoms with E-state index in [1.54, 1.807) is 6.07 Å². The van der Waals surface area contributed by atoms with Gasteiger partial charge in [0.15, 0.2) is 0 Å². The number of nitrogens with two attached hydrogens (primary N) is 1. The highest BCUT2D eigenvalue weighted by atomic mass is 35.5. The summed E-state index contributed by atoms with van der Waals surface area (Å²) in [6.07, 6.45) is 9.07. The molecule has 0 atom stereocenters. The highest BCUT2D eigenvalue weighted by molar-refractivity contribution is 6.30. The molecule has 0 saturated heterocycles. The highest BCUT2D eigenvalue weighted by Gasteiger charge is 2.25. The lowest BCUT2D eigenvalue weighted by atomic mass is 9.80. The van der Waals surface area contributed by atoms with Crippen LogP contribution in [-0.4, -0.2) is 5.54 Å². The van der Waals surface area contributed by atoms with Gasteiger partial charge in [0.2, 0.25) is 0 Å². The maximum atomic E-state index is 13.4. The van der Waals surface area contributed by atoms with Crippen molar-refractivity contribution in [2.24, 2.45) is 5.73 Å². The molecular formula is C15H21ClFN. The minimum atomic E-state index is -0.344. The lowest BCUT2D eigenvalue weighted by molar-refractivity contribution is 0.314. The zero-order chi connectivity index (χ0) is 13.0. The topological polar surface area (TPSA) is 26.0 Å². The van der Waals surface area contributed by atoms with Crippen LogP contribution < -0.4 is 5.73 Å². The Labute approximate surface area is 114 Å². The summed E-state index contributed by atoms with van der Waals surface area (Å²) in [5.41, 5.74) is 7.29. The molecule has 0 heterocycles. The van der Waals surface area contributed by atoms with E-state index in [2.05, 4.69) is 0 Å². The Morgan fingerprint density at radius 1 is 1.11 bits per heavy atom. The maximum absolute atomic E-state index is 13.4. The van der Waals surface area contributed by atoms with Crippen molar-refractivity contribution in [1.29, 1.82) is 0 Å². The molecule has 1 aliphatic carbocycles. The Hall–Kier alpha value is -0.600. The molecule has 0 aromatic heterocycles. The standard InChI is InChI=1S/C15H21ClFN/c16-13-7-6-12(10-14(13)17)11-15(18)8-4-2-1-3-5-9-15/h6-7,10H,1-5,8-9,11,18H2. The summed E-state index contributed by atoms with van der Waals surface area (Å²) in [4.78, 5) is 0. The molecule has 1 saturated carbocycles. The molecule has 3 heteroatoms. The SMILES string of the molecule is NC1(Cc2ccc(Cl)c(F)c2)CCCCCCC1. The molecule has 0 aliphatic heterocycles. The number of rotatable bonds is 2. The first-order valence-corrected chi connectivity index (χ1v) is 7.20. The fourth-order valence-corrected chi connectivity index (χ4v) is 2.96. The highest BCUT2D eigenvalue weighted by Crippen LogP contribution is 2.28. The minimum Gasteiger partial charge on any atom is -0.325 e. The van der Waals surface area contributed by atoms with Crippen molar-refractivity contribution in [2.75, 3.05) is 0 Å². The summed E-state index contributed by atoms with van der Waals surface area (Å²) in [6, 6.07) is 5.03. The largest absolute Gasteiger partial charge is 0.325 e. The lowest BCUT2D eigenvalue weighted by Gasteiger charge is -2.31. The van der Waals surface area contributed by atoms with E-state index in [4.69, 9.17) is 17.3 Å². The van der Waals surface area contributed by atoms with Gasteiger partial charge in [0.25, 0.3) is 0 Å². The van der Waals surface area contributed by atoms with Gasteiger partial charge in [-0.3, -0.25) is 0 Å². The van der Waals surface area contributed by atoms with E-state index >= 15 is 0 Å². The smallest absolute Gasteiger partial charge is 0.142 e. The van der Waals surface area contributed by atoms with E-state index in [9.17, 15) is 4.39 Å². The van der Waals surface area contributed by atoms with E-state index in [1.165, 1.54) is 38.2 Å². The second-order valence-electron chi connectivity index (χ2n) is 5.56. The first-order chi connectivity index (χ1) is 8.59. The van der Waals surface area contributed by atoms with Crippen molar-refractivity contribution in [2.45, 2.75) is 56.9 Å². The van der Waals surface area contributed by atoms with Crippen molar-refractivity contribution in [1.82, 2.24) is 0 Å². The quantitative estimate of drug-likeness (QED) is 0.843. The number of hydrogen-bond donors (Lipinski definition) is 1. The molecular weight excluding hydrogens is 249 g/mol. The Morgan fingerprint density at radius 2 is 1.72 bits per heavy atom. The van der Waals surface area contributed by atoms with Crippen LogP contribution in [-0.2, 0) is 6.42 Å². The van der Waals surface area contributed by atoms with Gasteiger partial charge in [-0.25, -0.2) is 4.39 Å². The number of halogens is 2. The van der Waals surface area contributed by atoms with Gasteiger partial charge >= 0.3 is 0 Å². The third kappa shape index (κ3) is 3.69. The van der Waals surface area contributed by atoms with Crippen LogP contribution in [0, 0.1) is 5.82 Å². The second-order valence-corrected chi connectivity index (χ2v) is 5.96. The summed E-state index contributed by atoms with van der Waals surface area (Å²) in [5.74, 6) is -0.344. The Morgan fingerprint density at radius 3 is 2.33 bits per heavy atom. The molecule has 2 N–H and O–H groups in total. The predicted octanol–water partition coefficient (Wildman–Crippen LogP) is 4.46. The molecule has 1 aromatic rings. The first-order valence-electron chi connectivity index (χ1n) is 6.82. The lowest BCUT2D eigenvalue weighted by Crippen LogP contribution is -2.42. The third-order valence-corrected chi connectivity index (χ3v) is 4.20. The molecule has 1 fully saturated rings. The van der Waals surface area contributed by atoms with Crippen molar-refractivity contribution in [3.63, 3.8) is 0 Å². The van der Waals surface area contributed by atoms with Crippen LogP contribution in [0.1, 0.15) is 50.5 Å². The Balaban J connectivity index is 2.07. The first kappa shape index (κ1) is 13.8. The van der Waals surface area contributed by atoms with Crippen LogP contribution in [0.5, 0.6) is 0 Å². The van der Waals surface area contributed by atoms with Gasteiger partial charge < -0.3 is 5.73 Å². The summed E-state index contributed by atoms with van der Waals surface area (Å²) < 4.78 is 13.4. The zero-order valence-electron chi connectivity index (χ0n) is 10.7. The summed E-state index contributed by atoms with van der Waals surface area (Å²) in [6.45, 7) is 0. The molecule has 100 valence electrons. The Bertz CT molecular complexity index is 397. The van der Waals surface area contributed by atoms with Crippen molar-refractivity contribution in [3.8, 4) is 0 Å². The summed E-state index contributed by atoms with van der Waals surface area (Å²) in [7, 11) is 0. The molecule has 0 radical (unpaired) electrons. The molecule has 0 amide bonds. The predicted molar refractivity (Wildman–Crippen MR) is 74.4 cm³/mol. The van der Waals surface area contributed by atoms with Crippen LogP contribution in [0.3, 0.4) is 0 Å². The molecule has 1 aliphatic rings. The molecule has 0 bridgehead atoms. The molecule has 1 nitrogen and oxygen atoms in total. The maximum Gasteiger partial charge on any atom is 0.142 e. The van der Waals surface area contributed by atoms with Crippen molar-refractivity contribution < 1.29 is 4.39 Å². The summed E-state index contributed by atoms with van der Waals surface area (Å²) in [5, 5.41) is 0.183. The Kier molecular flexibility index (Phi) is 4.63. The minimum absolute atomic E-state index is 0.166. The van der Waals surface area contributed by atoms with E-state index in [1.807, 2.05) is 6.07 Å². The van der Waals surface area contributed by atoms with E-state index in [0.29, 0.717) is 0 Å². The molecule has 0 spiro atoms. The average Bonchev–Trinajstić information content (AvgIpc) is 2.30. The van der Waals surface area contributed by atoms with Gasteiger partial charge in [0.1, 0.15) is 5.82 Å². The van der Waals surface area contributed by atoms with Crippen LogP contribution >= 0.6 is 11.6 Å². The van der Waals surface area contributed by atoms with Crippen LogP contribution in [0.4, 0.5) is 4.39 Å². The number of benzene rings is 1. The van der Waals surface area contributed by atoms with E-state index < -0.39 is 0 Å². The van der Waals surface area contributed by atoms with Crippen molar-refractivity contribution >= 4 is 11.6 Å². The zero-order valence-corrected chi connectivity index (χ0v) is 11.5. The van der Waals surface area contributed by atoms with E-state index in [0.717, 1.165) is 24.8 Å². The van der Waals surface area contributed by atoms with Crippen LogP contribution in [0.15, 0.2) is 18.2 Å². The fraction of sp³-hybridized carbons (Fsp3) is 0.600. The third-order valence-electron chi connectivity index (χ3n) is 3.89. The fourth-order valence-electron chi connectivity index (χ4n) is 2.84. The van der Waals surface area contributed by atoms with E-state index in [-0.39, 0.29) is 16.4 Å². The van der Waals surface area contributed by atoms with Gasteiger partial charge in [-0.15, -0.1) is 0 Å². The molecule has 18 heavy (non-hydrogen) atoms. The second kappa shape index (κ2) is 6.03. The van der Waals surface area contributed by atoms with Gasteiger partial charge in [0, 0.05) is 5.54 Å². The van der Waals surface area contributed by atoms with Gasteiger partial charge in [-0.1, -0.05) is 49.8 Å². The monoisotopic (exact) mass is 269 g/mol. The molecule has 2 rings (SSSR count).